The van der Waals surface area contributed by atoms with E-state index < -0.39 is 0 Å². The van der Waals surface area contributed by atoms with Crippen LogP contribution in [0.25, 0.3) is 0 Å². The fourth-order valence-corrected chi connectivity index (χ4v) is 9.39. The Labute approximate surface area is 218 Å². The summed E-state index contributed by atoms with van der Waals surface area (Å²) in [4.78, 5) is 11.0. The average molecular weight is 485 g/mol. The molecule has 8 aliphatic rings. The maximum Gasteiger partial charge on any atom is 0.0259 e. The molecule has 8 atom stereocenters. The molecule has 0 amide bonds. The molecule has 0 saturated carbocycles. The van der Waals surface area contributed by atoms with Crippen LogP contribution in [-0.4, -0.2) is 82.0 Å². The summed E-state index contributed by atoms with van der Waals surface area (Å²) in [5, 5.41) is 0. The van der Waals surface area contributed by atoms with Gasteiger partial charge in [-0.2, -0.15) is 0 Å². The van der Waals surface area contributed by atoms with Crippen LogP contribution in [0.4, 0.5) is 0 Å². The molecule has 8 aliphatic heterocycles. The normalized spacial score (nSPS) is 39.4. The van der Waals surface area contributed by atoms with Gasteiger partial charge in [-0.15, -0.1) is 0 Å². The first-order chi connectivity index (χ1) is 17.7. The van der Waals surface area contributed by atoms with Crippen LogP contribution in [0.3, 0.4) is 0 Å². The number of rotatable bonds is 4. The molecule has 8 saturated heterocycles. The molecule has 4 heteroatoms. The molecule has 10 rings (SSSR count). The van der Waals surface area contributed by atoms with Gasteiger partial charge in [0.1, 0.15) is 0 Å². The summed E-state index contributed by atoms with van der Waals surface area (Å²) in [6.07, 6.45) is 11.4. The topological polar surface area (TPSA) is 13.0 Å². The van der Waals surface area contributed by atoms with Gasteiger partial charge in [-0.25, -0.2) is 0 Å². The Morgan fingerprint density at radius 3 is 1.03 bits per heavy atom. The van der Waals surface area contributed by atoms with E-state index in [4.69, 9.17) is 0 Å². The van der Waals surface area contributed by atoms with E-state index in [1.807, 2.05) is 0 Å². The van der Waals surface area contributed by atoms with Gasteiger partial charge in [0.25, 0.3) is 0 Å². The van der Waals surface area contributed by atoms with Crippen molar-refractivity contribution in [3.8, 4) is 0 Å². The SMILES string of the molecule is CN1C2CCC1C1CCC2N1Cc1ccccc1.CN1C2CCC3C1CCC2N3Cc1ccccc1. The van der Waals surface area contributed by atoms with Crippen molar-refractivity contribution in [2.24, 2.45) is 0 Å². The number of hydrogen-bond acceptors (Lipinski definition) is 4. The number of piperidine rings is 4. The molecule has 4 nitrogen and oxygen atoms in total. The summed E-state index contributed by atoms with van der Waals surface area (Å²) in [5.74, 6) is 0. The van der Waals surface area contributed by atoms with Gasteiger partial charge in [0.15, 0.2) is 0 Å². The van der Waals surface area contributed by atoms with Crippen LogP contribution in [0.15, 0.2) is 60.7 Å². The molecule has 0 aliphatic carbocycles. The minimum atomic E-state index is 0.818. The van der Waals surface area contributed by atoms with E-state index in [0.29, 0.717) is 0 Å². The molecule has 8 heterocycles. The maximum atomic E-state index is 2.82. The zero-order chi connectivity index (χ0) is 24.2. The average Bonchev–Trinajstić information content (AvgIpc) is 3.38. The van der Waals surface area contributed by atoms with Crippen LogP contribution in [0.1, 0.15) is 62.5 Å². The summed E-state index contributed by atoms with van der Waals surface area (Å²) >= 11 is 0. The van der Waals surface area contributed by atoms with Crippen molar-refractivity contribution in [3.05, 3.63) is 71.8 Å². The fourth-order valence-electron chi connectivity index (χ4n) is 9.39. The predicted molar refractivity (Wildman–Crippen MR) is 147 cm³/mol. The highest BCUT2D eigenvalue weighted by Gasteiger charge is 2.54. The molecular formula is C32H44N4. The standard InChI is InChI=1S/2C16H22N2/c1-17-13-7-9-15-14(17)8-10-16(13)18(15)11-12-5-3-2-4-6-12;1-17-13-7-8-14(17)16-10-9-15(13)18(16)11-12-5-3-2-4-6-12/h2*2-6,13-16H,7-11H2,1H3. The molecule has 2 aromatic rings. The smallest absolute Gasteiger partial charge is 0.0259 e. The molecule has 8 fully saturated rings. The van der Waals surface area contributed by atoms with Crippen molar-refractivity contribution < 1.29 is 0 Å². The van der Waals surface area contributed by atoms with Gasteiger partial charge in [0.2, 0.25) is 0 Å². The molecule has 2 aromatic carbocycles. The highest BCUT2D eigenvalue weighted by atomic mass is 15.4. The monoisotopic (exact) mass is 484 g/mol. The Morgan fingerprint density at radius 1 is 0.444 bits per heavy atom. The van der Waals surface area contributed by atoms with Crippen molar-refractivity contribution in [1.82, 2.24) is 19.6 Å². The van der Waals surface area contributed by atoms with Crippen LogP contribution in [-0.2, 0) is 13.1 Å². The number of benzene rings is 2. The number of hydrogen-bond donors (Lipinski definition) is 0. The van der Waals surface area contributed by atoms with Gasteiger partial charge in [-0.3, -0.25) is 19.6 Å². The van der Waals surface area contributed by atoms with Gasteiger partial charge in [0.05, 0.1) is 0 Å². The minimum absolute atomic E-state index is 0.818. The molecule has 0 spiro atoms. The van der Waals surface area contributed by atoms with Crippen molar-refractivity contribution in [2.45, 2.75) is 113 Å². The molecule has 8 bridgehead atoms. The molecule has 8 unspecified atom stereocenters. The number of likely N-dealkylation sites (N-methyl/N-ethyl adjacent to an activating group) is 2. The van der Waals surface area contributed by atoms with Crippen molar-refractivity contribution in [2.75, 3.05) is 14.1 Å². The summed E-state index contributed by atoms with van der Waals surface area (Å²) < 4.78 is 0. The van der Waals surface area contributed by atoms with Crippen molar-refractivity contribution in [1.29, 1.82) is 0 Å². The second kappa shape index (κ2) is 9.54. The molecular weight excluding hydrogens is 440 g/mol. The first-order valence-corrected chi connectivity index (χ1v) is 14.7. The lowest BCUT2D eigenvalue weighted by molar-refractivity contribution is -0.137. The van der Waals surface area contributed by atoms with Gasteiger partial charge < -0.3 is 0 Å². The Bertz CT molecular complexity index is 911. The zero-order valence-electron chi connectivity index (χ0n) is 22.3. The minimum Gasteiger partial charge on any atom is -0.297 e. The molecule has 0 N–H and O–H groups in total. The second-order valence-electron chi connectivity index (χ2n) is 12.5. The third-order valence-electron chi connectivity index (χ3n) is 11.0. The van der Waals surface area contributed by atoms with Crippen LogP contribution < -0.4 is 0 Å². The lowest BCUT2D eigenvalue weighted by Crippen LogP contribution is -2.74. The second-order valence-corrected chi connectivity index (χ2v) is 12.5. The quantitative estimate of drug-likeness (QED) is 0.606. The summed E-state index contributed by atoms with van der Waals surface area (Å²) in [7, 11) is 4.71. The number of piperazine rings is 2. The van der Waals surface area contributed by atoms with Crippen LogP contribution in [0.2, 0.25) is 0 Å². The molecule has 36 heavy (non-hydrogen) atoms. The van der Waals surface area contributed by atoms with Gasteiger partial charge in [0, 0.05) is 61.4 Å². The van der Waals surface area contributed by atoms with E-state index in [1.54, 1.807) is 0 Å². The highest BCUT2D eigenvalue weighted by molar-refractivity contribution is 5.19. The third kappa shape index (κ3) is 3.88. The largest absolute Gasteiger partial charge is 0.297 e. The van der Waals surface area contributed by atoms with Crippen LogP contribution in [0, 0.1) is 0 Å². The Kier molecular flexibility index (Phi) is 6.20. The maximum absolute atomic E-state index is 2.82. The van der Waals surface area contributed by atoms with Gasteiger partial charge in [-0.05, 0) is 76.6 Å². The summed E-state index contributed by atoms with van der Waals surface area (Å²) in [6, 6.07) is 28.6. The zero-order valence-corrected chi connectivity index (χ0v) is 22.3. The predicted octanol–water partition coefficient (Wildman–Crippen LogP) is 4.99. The first kappa shape index (κ1) is 23.4. The van der Waals surface area contributed by atoms with E-state index in [9.17, 15) is 0 Å². The molecule has 0 radical (unpaired) electrons. The Hall–Kier alpha value is -1.72. The molecule has 192 valence electrons. The lowest BCUT2D eigenvalue weighted by Gasteiger charge is -2.64. The van der Waals surface area contributed by atoms with Gasteiger partial charge in [-0.1, -0.05) is 60.7 Å². The third-order valence-corrected chi connectivity index (χ3v) is 11.0. The van der Waals surface area contributed by atoms with Crippen LogP contribution >= 0.6 is 0 Å². The molecule has 0 aromatic heterocycles. The van der Waals surface area contributed by atoms with E-state index >= 15 is 0 Å². The lowest BCUT2D eigenvalue weighted by atomic mass is 9.71. The summed E-state index contributed by atoms with van der Waals surface area (Å²) in [6.45, 7) is 2.33. The summed E-state index contributed by atoms with van der Waals surface area (Å²) in [5.41, 5.74) is 2.97. The number of fused-ring (bicyclic) bond motifs is 8. The van der Waals surface area contributed by atoms with E-state index in [0.717, 1.165) is 61.4 Å². The highest BCUT2D eigenvalue weighted by Crippen LogP contribution is 2.46. The van der Waals surface area contributed by atoms with E-state index in [2.05, 4.69) is 94.4 Å². The number of nitrogens with zero attached hydrogens (tertiary/aromatic N) is 4. The van der Waals surface area contributed by atoms with Crippen LogP contribution in [0.5, 0.6) is 0 Å². The Balaban J connectivity index is 0.000000122. The fraction of sp³-hybridized carbons (Fsp3) is 0.625. The van der Waals surface area contributed by atoms with Crippen molar-refractivity contribution >= 4 is 0 Å². The first-order valence-electron chi connectivity index (χ1n) is 14.7. The van der Waals surface area contributed by atoms with Crippen molar-refractivity contribution in [3.63, 3.8) is 0 Å². The Morgan fingerprint density at radius 2 is 0.722 bits per heavy atom. The van der Waals surface area contributed by atoms with Gasteiger partial charge >= 0.3 is 0 Å². The van der Waals surface area contributed by atoms with E-state index in [1.165, 1.54) is 62.5 Å². The van der Waals surface area contributed by atoms with E-state index in [-0.39, 0.29) is 0 Å².